The lowest BCUT2D eigenvalue weighted by Crippen LogP contribution is -2.12. The molecule has 0 heteroatoms. The van der Waals surface area contributed by atoms with E-state index in [1.54, 1.807) is 0 Å². The van der Waals surface area contributed by atoms with Gasteiger partial charge in [-0.05, 0) is 74.3 Å². The minimum absolute atomic E-state index is 0. The Morgan fingerprint density at radius 1 is 0.833 bits per heavy atom. The third-order valence-corrected chi connectivity index (χ3v) is 5.21. The molecule has 24 heavy (non-hydrogen) atoms. The highest BCUT2D eigenvalue weighted by molar-refractivity contribution is 5.44. The van der Waals surface area contributed by atoms with Crippen LogP contribution in [0.3, 0.4) is 0 Å². The van der Waals surface area contributed by atoms with Gasteiger partial charge in [-0.1, -0.05) is 62.4 Å². The van der Waals surface area contributed by atoms with Crippen LogP contribution in [-0.4, -0.2) is 0 Å². The fourth-order valence-electron chi connectivity index (χ4n) is 3.52. The number of rotatable bonds is 2. The van der Waals surface area contributed by atoms with Crippen molar-refractivity contribution in [1.82, 2.24) is 0 Å². The minimum atomic E-state index is 0. The molecule has 0 bridgehead atoms. The first-order valence-corrected chi connectivity index (χ1v) is 8.93. The van der Waals surface area contributed by atoms with Crippen molar-refractivity contribution >= 4 is 0 Å². The van der Waals surface area contributed by atoms with Crippen LogP contribution in [0, 0.1) is 24.7 Å². The molecule has 1 fully saturated rings. The van der Waals surface area contributed by atoms with Crippen LogP contribution in [0.4, 0.5) is 0 Å². The third-order valence-electron chi connectivity index (χ3n) is 5.21. The molecular formula is C24H32. The molecule has 0 unspecified atom stereocenters. The van der Waals surface area contributed by atoms with Crippen molar-refractivity contribution in [3.63, 3.8) is 0 Å². The van der Waals surface area contributed by atoms with Crippen molar-refractivity contribution in [2.45, 2.75) is 59.3 Å². The molecular weight excluding hydrogens is 288 g/mol. The Hall–Kier alpha value is -2.00. The summed E-state index contributed by atoms with van der Waals surface area (Å²) in [5.74, 6) is 8.25. The average Bonchev–Trinajstić information content (AvgIpc) is 2.62. The molecule has 0 nitrogen and oxygen atoms in total. The van der Waals surface area contributed by atoms with Crippen molar-refractivity contribution in [1.29, 1.82) is 0 Å². The molecule has 0 saturated heterocycles. The minimum Gasteiger partial charge on any atom is -0.0776 e. The molecule has 3 rings (SSSR count). The highest BCUT2D eigenvalue weighted by atomic mass is 14.3. The van der Waals surface area contributed by atoms with E-state index < -0.39 is 0 Å². The van der Waals surface area contributed by atoms with Gasteiger partial charge in [-0.3, -0.25) is 0 Å². The molecule has 0 amide bonds. The maximum Gasteiger partial charge on any atom is 0.0249 e. The quantitative estimate of drug-likeness (QED) is 0.525. The van der Waals surface area contributed by atoms with Gasteiger partial charge in [-0.15, -0.1) is 0 Å². The second-order valence-corrected chi connectivity index (χ2v) is 6.86. The largest absolute Gasteiger partial charge is 0.0776 e. The average molecular weight is 321 g/mol. The lowest BCUT2D eigenvalue weighted by molar-refractivity contribution is 0.319. The fraction of sp³-hybridized carbons (Fsp3) is 0.417. The molecule has 0 heterocycles. The van der Waals surface area contributed by atoms with Crippen molar-refractivity contribution in [2.75, 3.05) is 0 Å². The molecule has 2 aromatic carbocycles. The van der Waals surface area contributed by atoms with Gasteiger partial charge >= 0.3 is 0 Å². The normalized spacial score (nSPS) is 19.8. The predicted octanol–water partition coefficient (Wildman–Crippen LogP) is 6.96. The summed E-state index contributed by atoms with van der Waals surface area (Å²) in [6.45, 7) is 4.43. The number of hydrogen-bond donors (Lipinski definition) is 0. The summed E-state index contributed by atoms with van der Waals surface area (Å²) in [5.41, 5.74) is 4.97. The number of aryl methyl sites for hydroxylation is 1. The van der Waals surface area contributed by atoms with E-state index >= 15 is 0 Å². The van der Waals surface area contributed by atoms with Crippen LogP contribution in [0.15, 0.2) is 48.5 Å². The summed E-state index contributed by atoms with van der Waals surface area (Å²) < 4.78 is 0. The molecule has 0 spiro atoms. The number of benzene rings is 2. The van der Waals surface area contributed by atoms with Gasteiger partial charge in [-0.2, -0.15) is 0 Å². The van der Waals surface area contributed by atoms with Gasteiger partial charge in [0.15, 0.2) is 0 Å². The monoisotopic (exact) mass is 320 g/mol. The summed E-state index contributed by atoms with van der Waals surface area (Å²) >= 11 is 0. The third kappa shape index (κ3) is 4.75. The zero-order chi connectivity index (χ0) is 16.1. The van der Waals surface area contributed by atoms with Gasteiger partial charge in [0, 0.05) is 12.6 Å². The lowest BCUT2D eigenvalue weighted by atomic mass is 9.78. The van der Waals surface area contributed by atoms with E-state index in [0.29, 0.717) is 0 Å². The van der Waals surface area contributed by atoms with Gasteiger partial charge in [0.05, 0.1) is 0 Å². The summed E-state index contributed by atoms with van der Waals surface area (Å²) in [5, 5.41) is 0. The summed E-state index contributed by atoms with van der Waals surface area (Å²) in [7, 11) is 0. The van der Waals surface area contributed by atoms with E-state index in [1.807, 2.05) is 0 Å². The van der Waals surface area contributed by atoms with Gasteiger partial charge in [0.1, 0.15) is 0 Å². The summed E-state index contributed by atoms with van der Waals surface area (Å²) in [4.78, 5) is 0. The van der Waals surface area contributed by atoms with Crippen LogP contribution >= 0.6 is 0 Å². The Bertz CT molecular complexity index is 678. The highest BCUT2D eigenvalue weighted by Crippen LogP contribution is 2.36. The molecule has 1 aliphatic rings. The Balaban J connectivity index is 0.00000156. The van der Waals surface area contributed by atoms with Crippen molar-refractivity contribution in [2.24, 2.45) is 5.92 Å². The van der Waals surface area contributed by atoms with Crippen LogP contribution in [0.25, 0.3) is 0 Å². The van der Waals surface area contributed by atoms with Crippen LogP contribution < -0.4 is 0 Å². The summed E-state index contributed by atoms with van der Waals surface area (Å²) in [6, 6.07) is 17.3. The Morgan fingerprint density at radius 2 is 1.33 bits per heavy atom. The van der Waals surface area contributed by atoms with E-state index in [2.05, 4.69) is 74.2 Å². The first-order valence-electron chi connectivity index (χ1n) is 8.93. The highest BCUT2D eigenvalue weighted by Gasteiger charge is 2.20. The first kappa shape index (κ1) is 18.3. The van der Waals surface area contributed by atoms with E-state index in [1.165, 1.54) is 43.2 Å². The Labute approximate surface area is 149 Å². The SMILES string of the molecule is C.CCC1CCC(c2ccc(C#Cc3ccc(C)cc3)cc2)CC1.[HH]. The Morgan fingerprint density at radius 3 is 1.83 bits per heavy atom. The first-order chi connectivity index (χ1) is 11.2. The molecule has 0 N–H and O–H groups in total. The van der Waals surface area contributed by atoms with Gasteiger partial charge in [0.25, 0.3) is 0 Å². The molecule has 2 aromatic rings. The molecule has 128 valence electrons. The van der Waals surface area contributed by atoms with Crippen molar-refractivity contribution in [3.05, 3.63) is 70.8 Å². The zero-order valence-electron chi connectivity index (χ0n) is 14.3. The van der Waals surface area contributed by atoms with E-state index in [-0.39, 0.29) is 8.85 Å². The maximum atomic E-state index is 3.28. The zero-order valence-corrected chi connectivity index (χ0v) is 14.3. The number of hydrogen-bond acceptors (Lipinski definition) is 0. The van der Waals surface area contributed by atoms with Gasteiger partial charge < -0.3 is 0 Å². The molecule has 0 atom stereocenters. The van der Waals surface area contributed by atoms with Gasteiger partial charge in [-0.25, -0.2) is 0 Å². The molecule has 0 aliphatic heterocycles. The Kier molecular flexibility index (Phi) is 6.68. The lowest BCUT2D eigenvalue weighted by Gasteiger charge is -2.28. The van der Waals surface area contributed by atoms with E-state index in [4.69, 9.17) is 0 Å². The standard InChI is InChI=1S/C23H26.CH4.H2/c1-3-19-10-14-22(15-11-19)23-16-12-21(13-17-23)9-8-20-6-4-18(2)5-7-20;;/h4-7,12-13,16-17,19,22H,3,10-11,14-15H2,1-2H3;1H4;1H. The topological polar surface area (TPSA) is 0 Å². The van der Waals surface area contributed by atoms with Crippen LogP contribution in [0.1, 0.15) is 76.1 Å². The fourth-order valence-corrected chi connectivity index (χ4v) is 3.52. The second-order valence-electron chi connectivity index (χ2n) is 6.86. The molecule has 1 aliphatic carbocycles. The predicted molar refractivity (Wildman–Crippen MR) is 107 cm³/mol. The smallest absolute Gasteiger partial charge is 0.0249 e. The maximum absolute atomic E-state index is 3.28. The summed E-state index contributed by atoms with van der Waals surface area (Å²) in [6.07, 6.45) is 6.85. The second kappa shape index (κ2) is 8.74. The van der Waals surface area contributed by atoms with Crippen LogP contribution in [-0.2, 0) is 0 Å². The van der Waals surface area contributed by atoms with Gasteiger partial charge in [0.2, 0.25) is 0 Å². The van der Waals surface area contributed by atoms with Crippen LogP contribution in [0.2, 0.25) is 0 Å². The van der Waals surface area contributed by atoms with E-state index in [0.717, 1.165) is 23.0 Å². The van der Waals surface area contributed by atoms with Crippen LogP contribution in [0.5, 0.6) is 0 Å². The van der Waals surface area contributed by atoms with E-state index in [9.17, 15) is 0 Å². The van der Waals surface area contributed by atoms with Crippen molar-refractivity contribution in [3.8, 4) is 11.8 Å². The molecule has 0 radical (unpaired) electrons. The molecule has 1 saturated carbocycles. The molecule has 0 aromatic heterocycles. The van der Waals surface area contributed by atoms with Crippen molar-refractivity contribution < 1.29 is 1.43 Å².